The molecule has 1 N–H and O–H groups in total. The smallest absolute Gasteiger partial charge is 0.336 e. The second kappa shape index (κ2) is 3.39. The molecule has 0 heterocycles. The molecular weight excluding hydrogens is 188 g/mol. The quantitative estimate of drug-likeness (QED) is 0.767. The Morgan fingerprint density at radius 1 is 1.13 bits per heavy atom. The standard InChI is InChI=1S/C13H12O2/c1-8-3-5-10-6-4-9(2)12(13(14)15)11(10)7-8/h3-7H,1-2H3,(H,14,15). The molecule has 0 saturated carbocycles. The molecule has 0 radical (unpaired) electrons. The largest absolute Gasteiger partial charge is 0.478 e. The fourth-order valence-corrected chi connectivity index (χ4v) is 1.83. The van der Waals surface area contributed by atoms with Crippen LogP contribution in [0.4, 0.5) is 0 Å². The van der Waals surface area contributed by atoms with Gasteiger partial charge in [-0.15, -0.1) is 0 Å². The summed E-state index contributed by atoms with van der Waals surface area (Å²) in [6.45, 7) is 3.79. The number of aromatic carboxylic acids is 1. The van der Waals surface area contributed by atoms with Gasteiger partial charge in [-0.1, -0.05) is 35.9 Å². The lowest BCUT2D eigenvalue weighted by molar-refractivity contribution is 0.0698. The van der Waals surface area contributed by atoms with Crippen molar-refractivity contribution in [1.29, 1.82) is 0 Å². The number of fused-ring (bicyclic) bond motifs is 1. The van der Waals surface area contributed by atoms with Gasteiger partial charge in [0.15, 0.2) is 0 Å². The first-order valence-electron chi connectivity index (χ1n) is 4.83. The van der Waals surface area contributed by atoms with Crippen LogP contribution in [0.15, 0.2) is 30.3 Å². The molecule has 0 amide bonds. The minimum absolute atomic E-state index is 0.413. The molecule has 2 aromatic carbocycles. The normalized spacial score (nSPS) is 10.5. The van der Waals surface area contributed by atoms with E-state index in [9.17, 15) is 4.79 Å². The van der Waals surface area contributed by atoms with Gasteiger partial charge in [-0.2, -0.15) is 0 Å². The van der Waals surface area contributed by atoms with Gasteiger partial charge >= 0.3 is 5.97 Å². The Bertz CT molecular complexity index is 536. The highest BCUT2D eigenvalue weighted by atomic mass is 16.4. The number of carboxylic acid groups (broad SMARTS) is 1. The molecule has 0 aliphatic rings. The van der Waals surface area contributed by atoms with Crippen molar-refractivity contribution in [2.75, 3.05) is 0 Å². The van der Waals surface area contributed by atoms with Crippen molar-refractivity contribution in [2.24, 2.45) is 0 Å². The van der Waals surface area contributed by atoms with Gasteiger partial charge in [0, 0.05) is 0 Å². The van der Waals surface area contributed by atoms with E-state index in [1.807, 2.05) is 44.2 Å². The summed E-state index contributed by atoms with van der Waals surface area (Å²) in [4.78, 5) is 11.1. The van der Waals surface area contributed by atoms with E-state index in [0.717, 1.165) is 21.9 Å². The number of rotatable bonds is 1. The molecule has 15 heavy (non-hydrogen) atoms. The summed E-state index contributed by atoms with van der Waals surface area (Å²) in [5, 5.41) is 11.0. The highest BCUT2D eigenvalue weighted by Gasteiger charge is 2.11. The average molecular weight is 200 g/mol. The van der Waals surface area contributed by atoms with E-state index in [-0.39, 0.29) is 0 Å². The van der Waals surface area contributed by atoms with Gasteiger partial charge in [-0.3, -0.25) is 0 Å². The lowest BCUT2D eigenvalue weighted by atomic mass is 9.98. The van der Waals surface area contributed by atoms with Crippen LogP contribution >= 0.6 is 0 Å². The number of carboxylic acids is 1. The molecule has 2 aromatic rings. The first-order chi connectivity index (χ1) is 7.09. The van der Waals surface area contributed by atoms with Crippen LogP contribution < -0.4 is 0 Å². The van der Waals surface area contributed by atoms with E-state index < -0.39 is 5.97 Å². The van der Waals surface area contributed by atoms with Crippen LogP contribution in [0, 0.1) is 13.8 Å². The third-order valence-corrected chi connectivity index (χ3v) is 2.60. The minimum Gasteiger partial charge on any atom is -0.478 e. The Morgan fingerprint density at radius 3 is 2.47 bits per heavy atom. The molecule has 0 bridgehead atoms. The maximum atomic E-state index is 11.1. The number of carbonyl (C=O) groups is 1. The molecule has 0 fully saturated rings. The summed E-state index contributed by atoms with van der Waals surface area (Å²) in [5.74, 6) is -0.858. The monoisotopic (exact) mass is 200 g/mol. The van der Waals surface area contributed by atoms with E-state index in [4.69, 9.17) is 5.11 Å². The first-order valence-corrected chi connectivity index (χ1v) is 4.83. The Kier molecular flexibility index (Phi) is 2.19. The number of aryl methyl sites for hydroxylation is 2. The molecule has 0 saturated heterocycles. The summed E-state index contributed by atoms with van der Waals surface area (Å²) < 4.78 is 0. The van der Waals surface area contributed by atoms with Gasteiger partial charge in [0.05, 0.1) is 5.56 Å². The SMILES string of the molecule is Cc1ccc2ccc(C)c(C(=O)O)c2c1. The highest BCUT2D eigenvalue weighted by molar-refractivity contribution is 6.05. The molecular formula is C13H12O2. The number of hydrogen-bond acceptors (Lipinski definition) is 1. The fourth-order valence-electron chi connectivity index (χ4n) is 1.83. The van der Waals surface area contributed by atoms with E-state index in [2.05, 4.69) is 0 Å². The Hall–Kier alpha value is -1.83. The van der Waals surface area contributed by atoms with E-state index in [1.54, 1.807) is 0 Å². The topological polar surface area (TPSA) is 37.3 Å². The zero-order valence-corrected chi connectivity index (χ0v) is 8.74. The van der Waals surface area contributed by atoms with Crippen LogP contribution in [0.25, 0.3) is 10.8 Å². The lowest BCUT2D eigenvalue weighted by Gasteiger charge is -2.06. The third-order valence-electron chi connectivity index (χ3n) is 2.60. The second-order valence-electron chi connectivity index (χ2n) is 3.79. The predicted octanol–water partition coefficient (Wildman–Crippen LogP) is 3.15. The maximum Gasteiger partial charge on any atom is 0.336 e. The van der Waals surface area contributed by atoms with Gasteiger partial charge in [-0.25, -0.2) is 4.79 Å². The molecule has 0 aliphatic carbocycles. The number of hydrogen-bond donors (Lipinski definition) is 1. The van der Waals surface area contributed by atoms with Crippen molar-refractivity contribution >= 4 is 16.7 Å². The van der Waals surface area contributed by atoms with Crippen molar-refractivity contribution in [3.8, 4) is 0 Å². The maximum absolute atomic E-state index is 11.1. The minimum atomic E-state index is -0.858. The lowest BCUT2D eigenvalue weighted by Crippen LogP contribution is -2.00. The zero-order chi connectivity index (χ0) is 11.0. The van der Waals surface area contributed by atoms with E-state index in [1.165, 1.54) is 0 Å². The molecule has 0 unspecified atom stereocenters. The first kappa shape index (κ1) is 9.71. The molecule has 76 valence electrons. The van der Waals surface area contributed by atoms with Crippen LogP contribution in [0.2, 0.25) is 0 Å². The van der Waals surface area contributed by atoms with Gasteiger partial charge < -0.3 is 5.11 Å². The van der Waals surface area contributed by atoms with Crippen molar-refractivity contribution < 1.29 is 9.90 Å². The van der Waals surface area contributed by atoms with Crippen LogP contribution in [0.1, 0.15) is 21.5 Å². The van der Waals surface area contributed by atoms with Crippen LogP contribution in [0.5, 0.6) is 0 Å². The third kappa shape index (κ3) is 1.59. The summed E-state index contributed by atoms with van der Waals surface area (Å²) in [7, 11) is 0. The fraction of sp³-hybridized carbons (Fsp3) is 0.154. The summed E-state index contributed by atoms with van der Waals surface area (Å²) >= 11 is 0. The summed E-state index contributed by atoms with van der Waals surface area (Å²) in [6, 6.07) is 9.67. The van der Waals surface area contributed by atoms with Crippen LogP contribution in [0.3, 0.4) is 0 Å². The van der Waals surface area contributed by atoms with Crippen LogP contribution in [-0.2, 0) is 0 Å². The van der Waals surface area contributed by atoms with E-state index >= 15 is 0 Å². The molecule has 0 atom stereocenters. The summed E-state index contributed by atoms with van der Waals surface area (Å²) in [5.41, 5.74) is 2.30. The van der Waals surface area contributed by atoms with Crippen molar-refractivity contribution in [3.05, 3.63) is 47.0 Å². The predicted molar refractivity (Wildman–Crippen MR) is 60.4 cm³/mol. The zero-order valence-electron chi connectivity index (χ0n) is 8.74. The van der Waals surface area contributed by atoms with Gasteiger partial charge in [0.25, 0.3) is 0 Å². The average Bonchev–Trinajstić information content (AvgIpc) is 2.16. The molecule has 2 rings (SSSR count). The molecule has 0 spiro atoms. The Morgan fingerprint density at radius 2 is 1.80 bits per heavy atom. The van der Waals surface area contributed by atoms with Gasteiger partial charge in [0.1, 0.15) is 0 Å². The summed E-state index contributed by atoms with van der Waals surface area (Å²) in [6.07, 6.45) is 0. The van der Waals surface area contributed by atoms with Crippen molar-refractivity contribution in [1.82, 2.24) is 0 Å². The molecule has 2 heteroatoms. The second-order valence-corrected chi connectivity index (χ2v) is 3.79. The molecule has 0 aromatic heterocycles. The van der Waals surface area contributed by atoms with Gasteiger partial charge in [-0.05, 0) is 30.2 Å². The van der Waals surface area contributed by atoms with Crippen LogP contribution in [-0.4, -0.2) is 11.1 Å². The van der Waals surface area contributed by atoms with Gasteiger partial charge in [0.2, 0.25) is 0 Å². The van der Waals surface area contributed by atoms with Crippen molar-refractivity contribution in [2.45, 2.75) is 13.8 Å². The molecule has 2 nitrogen and oxygen atoms in total. The highest BCUT2D eigenvalue weighted by Crippen LogP contribution is 2.23. The van der Waals surface area contributed by atoms with E-state index in [0.29, 0.717) is 5.56 Å². The number of benzene rings is 2. The molecule has 0 aliphatic heterocycles. The Labute approximate surface area is 88.2 Å². The van der Waals surface area contributed by atoms with Crippen molar-refractivity contribution in [3.63, 3.8) is 0 Å². The Balaban J connectivity index is 2.90.